The topological polar surface area (TPSA) is 72.0 Å². The van der Waals surface area contributed by atoms with Crippen molar-refractivity contribution < 1.29 is 8.42 Å². The molecule has 0 bridgehead atoms. The molecule has 5 nitrogen and oxygen atoms in total. The first-order valence-electron chi connectivity index (χ1n) is 2.93. The molecule has 0 aromatic carbocycles. The Balaban J connectivity index is 2.91. The van der Waals surface area contributed by atoms with Crippen LogP contribution in [0.5, 0.6) is 0 Å². The second-order valence-electron chi connectivity index (χ2n) is 2.10. The molecule has 0 aliphatic rings. The zero-order chi connectivity index (χ0) is 9.19. The molecule has 0 saturated carbocycles. The predicted octanol–water partition coefficient (Wildman–Crippen LogP) is 0.501. The van der Waals surface area contributed by atoms with E-state index in [1.807, 2.05) is 0 Å². The molecule has 12 heavy (non-hydrogen) atoms. The zero-order valence-corrected chi connectivity index (χ0v) is 7.72. The van der Waals surface area contributed by atoms with Crippen LogP contribution >= 0.6 is 11.6 Å². The van der Waals surface area contributed by atoms with Gasteiger partial charge in [-0.15, -0.1) is 0 Å². The molecule has 1 rings (SSSR count). The Bertz CT molecular complexity index is 378. The highest BCUT2D eigenvalue weighted by Gasteiger charge is 2.02. The van der Waals surface area contributed by atoms with E-state index in [0.29, 0.717) is 0 Å². The molecule has 1 heterocycles. The smallest absolute Gasteiger partial charge is 0.231 e. The van der Waals surface area contributed by atoms with E-state index in [9.17, 15) is 8.42 Å². The Morgan fingerprint density at radius 3 is 2.67 bits per heavy atom. The zero-order valence-electron chi connectivity index (χ0n) is 6.15. The molecule has 0 aliphatic carbocycles. The van der Waals surface area contributed by atoms with E-state index < -0.39 is 10.0 Å². The lowest BCUT2D eigenvalue weighted by Gasteiger charge is -2.00. The molecular weight excluding hydrogens is 202 g/mol. The summed E-state index contributed by atoms with van der Waals surface area (Å²) in [5.41, 5.74) is 0. The Labute approximate surface area is 74.8 Å². The number of nitrogens with one attached hydrogen (secondary N) is 1. The van der Waals surface area contributed by atoms with Crippen LogP contribution in [0.25, 0.3) is 0 Å². The quantitative estimate of drug-likeness (QED) is 0.767. The molecule has 0 amide bonds. The summed E-state index contributed by atoms with van der Waals surface area (Å²) in [4.78, 5) is 7.32. The van der Waals surface area contributed by atoms with E-state index in [2.05, 4.69) is 14.7 Å². The van der Waals surface area contributed by atoms with Gasteiger partial charge < -0.3 is 0 Å². The van der Waals surface area contributed by atoms with Crippen LogP contribution < -0.4 is 4.72 Å². The fourth-order valence-corrected chi connectivity index (χ4v) is 1.21. The molecule has 66 valence electrons. The molecule has 7 heteroatoms. The minimum Gasteiger partial charge on any atom is -0.266 e. The molecule has 0 spiro atoms. The fraction of sp³-hybridized carbons (Fsp3) is 0.200. The SMILES string of the molecule is CS(=O)(=O)Nc1cncc(Cl)n1. The number of hydrogen-bond acceptors (Lipinski definition) is 4. The second-order valence-corrected chi connectivity index (χ2v) is 4.24. The highest BCUT2D eigenvalue weighted by Crippen LogP contribution is 2.07. The van der Waals surface area contributed by atoms with Crippen LogP contribution in [0.1, 0.15) is 0 Å². The van der Waals surface area contributed by atoms with Crippen LogP contribution in [-0.2, 0) is 10.0 Å². The molecule has 1 aromatic heterocycles. The van der Waals surface area contributed by atoms with Crippen molar-refractivity contribution in [3.63, 3.8) is 0 Å². The third-order valence-corrected chi connectivity index (χ3v) is 1.66. The Morgan fingerprint density at radius 1 is 1.50 bits per heavy atom. The van der Waals surface area contributed by atoms with Gasteiger partial charge >= 0.3 is 0 Å². The van der Waals surface area contributed by atoms with Crippen molar-refractivity contribution in [1.29, 1.82) is 0 Å². The van der Waals surface area contributed by atoms with Crippen molar-refractivity contribution in [2.75, 3.05) is 11.0 Å². The summed E-state index contributed by atoms with van der Waals surface area (Å²) in [5.74, 6) is 0.116. The summed E-state index contributed by atoms with van der Waals surface area (Å²) in [7, 11) is -3.31. The Morgan fingerprint density at radius 2 is 2.17 bits per heavy atom. The maximum Gasteiger partial charge on any atom is 0.231 e. The molecule has 1 aromatic rings. The van der Waals surface area contributed by atoms with E-state index in [0.717, 1.165) is 6.26 Å². The first kappa shape index (κ1) is 9.21. The van der Waals surface area contributed by atoms with Gasteiger partial charge in [0.05, 0.1) is 18.6 Å². The summed E-state index contributed by atoms with van der Waals surface area (Å²) >= 11 is 5.47. The molecule has 0 fully saturated rings. The maximum atomic E-state index is 10.7. The number of rotatable bonds is 2. The highest BCUT2D eigenvalue weighted by molar-refractivity contribution is 7.92. The summed E-state index contributed by atoms with van der Waals surface area (Å²) in [6.45, 7) is 0. The molecule has 0 radical (unpaired) electrons. The van der Waals surface area contributed by atoms with E-state index in [-0.39, 0.29) is 11.0 Å². The van der Waals surface area contributed by atoms with Crippen LogP contribution in [0.4, 0.5) is 5.82 Å². The maximum absolute atomic E-state index is 10.7. The van der Waals surface area contributed by atoms with E-state index >= 15 is 0 Å². The van der Waals surface area contributed by atoms with Crippen molar-refractivity contribution in [2.45, 2.75) is 0 Å². The van der Waals surface area contributed by atoms with Crippen LogP contribution in [-0.4, -0.2) is 24.6 Å². The fourth-order valence-electron chi connectivity index (χ4n) is 0.581. The van der Waals surface area contributed by atoms with E-state index in [1.54, 1.807) is 0 Å². The molecule has 1 N–H and O–H groups in total. The lowest BCUT2D eigenvalue weighted by molar-refractivity contribution is 0.606. The average molecular weight is 208 g/mol. The minimum atomic E-state index is -3.31. The third-order valence-electron chi connectivity index (χ3n) is 0.895. The number of halogens is 1. The van der Waals surface area contributed by atoms with Gasteiger partial charge in [0.25, 0.3) is 0 Å². The van der Waals surface area contributed by atoms with Crippen molar-refractivity contribution in [2.24, 2.45) is 0 Å². The van der Waals surface area contributed by atoms with E-state index in [4.69, 9.17) is 11.6 Å². The lowest BCUT2D eigenvalue weighted by Crippen LogP contribution is -2.10. The van der Waals surface area contributed by atoms with Crippen molar-refractivity contribution in [3.8, 4) is 0 Å². The number of sulfonamides is 1. The van der Waals surface area contributed by atoms with Gasteiger partial charge in [0.2, 0.25) is 10.0 Å². The average Bonchev–Trinajstić information content (AvgIpc) is 1.82. The standard InChI is InChI=1S/C5H6ClN3O2S/c1-12(10,11)9-5-3-7-2-4(6)8-5/h2-3H,1H3,(H,8,9). The number of hydrogen-bond donors (Lipinski definition) is 1. The van der Waals surface area contributed by atoms with Gasteiger partial charge in [-0.3, -0.25) is 9.71 Å². The number of nitrogens with zero attached hydrogens (tertiary/aromatic N) is 2. The Hall–Kier alpha value is -0.880. The highest BCUT2D eigenvalue weighted by atomic mass is 35.5. The van der Waals surface area contributed by atoms with Gasteiger partial charge in [0.15, 0.2) is 5.82 Å². The van der Waals surface area contributed by atoms with Gasteiger partial charge in [0, 0.05) is 0 Å². The predicted molar refractivity (Wildman–Crippen MR) is 45.5 cm³/mol. The first-order valence-corrected chi connectivity index (χ1v) is 5.20. The third kappa shape index (κ3) is 3.02. The molecule has 0 atom stereocenters. The van der Waals surface area contributed by atoms with Gasteiger partial charge in [-0.25, -0.2) is 13.4 Å². The van der Waals surface area contributed by atoms with Crippen LogP contribution in [0.15, 0.2) is 12.4 Å². The van der Waals surface area contributed by atoms with Gasteiger partial charge in [-0.2, -0.15) is 0 Å². The normalized spacial score (nSPS) is 11.2. The monoisotopic (exact) mass is 207 g/mol. The van der Waals surface area contributed by atoms with Gasteiger partial charge in [0.1, 0.15) is 5.15 Å². The second kappa shape index (κ2) is 3.24. The summed E-state index contributed by atoms with van der Waals surface area (Å²) in [6.07, 6.45) is 3.61. The van der Waals surface area contributed by atoms with E-state index in [1.165, 1.54) is 12.4 Å². The first-order chi connectivity index (χ1) is 5.47. The van der Waals surface area contributed by atoms with Crippen LogP contribution in [0.2, 0.25) is 5.15 Å². The molecule has 0 saturated heterocycles. The molecule has 0 aliphatic heterocycles. The molecular formula is C5H6ClN3O2S. The summed E-state index contributed by atoms with van der Waals surface area (Å²) < 4.78 is 23.5. The number of anilines is 1. The minimum absolute atomic E-state index is 0.116. The molecule has 0 unspecified atom stereocenters. The van der Waals surface area contributed by atoms with Gasteiger partial charge in [-0.1, -0.05) is 11.6 Å². The van der Waals surface area contributed by atoms with Gasteiger partial charge in [-0.05, 0) is 0 Å². The van der Waals surface area contributed by atoms with Crippen molar-refractivity contribution in [1.82, 2.24) is 9.97 Å². The summed E-state index contributed by atoms with van der Waals surface area (Å²) in [5, 5.41) is 0.142. The van der Waals surface area contributed by atoms with Crippen LogP contribution in [0, 0.1) is 0 Å². The largest absolute Gasteiger partial charge is 0.266 e. The Kier molecular flexibility index (Phi) is 2.49. The van der Waals surface area contributed by atoms with Crippen LogP contribution in [0.3, 0.4) is 0 Å². The van der Waals surface area contributed by atoms with Crippen molar-refractivity contribution in [3.05, 3.63) is 17.5 Å². The lowest BCUT2D eigenvalue weighted by atomic mass is 10.7. The van der Waals surface area contributed by atoms with Crippen molar-refractivity contribution >= 4 is 27.4 Å². The number of aromatic nitrogens is 2. The summed E-state index contributed by atoms with van der Waals surface area (Å²) in [6, 6.07) is 0.